The number of hydrogen-bond acceptors (Lipinski definition) is 4. The predicted octanol–water partition coefficient (Wildman–Crippen LogP) is 2.23. The zero-order valence-electron chi connectivity index (χ0n) is 8.88. The molecule has 92 valence electrons. The number of thiazole rings is 1. The number of halogens is 1. The topological polar surface area (TPSA) is 79.3 Å². The fourth-order valence-electron chi connectivity index (χ4n) is 1.24. The van der Waals surface area contributed by atoms with Crippen LogP contribution in [0.5, 0.6) is 0 Å². The van der Waals surface area contributed by atoms with Crippen LogP contribution in [-0.2, 0) is 0 Å². The molecule has 0 saturated heterocycles. The van der Waals surface area contributed by atoms with Crippen molar-refractivity contribution in [1.82, 2.24) is 4.98 Å². The van der Waals surface area contributed by atoms with E-state index in [0.29, 0.717) is 0 Å². The third-order valence-corrected chi connectivity index (χ3v) is 2.82. The van der Waals surface area contributed by atoms with Crippen LogP contribution in [0.2, 0.25) is 0 Å². The molecule has 0 aliphatic rings. The number of anilines is 1. The summed E-state index contributed by atoms with van der Waals surface area (Å²) >= 11 is 0.960. The minimum Gasteiger partial charge on any atom is -0.476 e. The van der Waals surface area contributed by atoms with Crippen molar-refractivity contribution in [3.05, 3.63) is 46.7 Å². The molecule has 1 amide bonds. The van der Waals surface area contributed by atoms with E-state index in [-0.39, 0.29) is 16.4 Å². The molecule has 0 radical (unpaired) electrons. The zero-order valence-corrected chi connectivity index (χ0v) is 9.70. The highest BCUT2D eigenvalue weighted by atomic mass is 32.1. The van der Waals surface area contributed by atoms with E-state index in [4.69, 9.17) is 5.11 Å². The Labute approximate surface area is 105 Å². The van der Waals surface area contributed by atoms with Crippen molar-refractivity contribution in [2.24, 2.45) is 0 Å². The van der Waals surface area contributed by atoms with Crippen LogP contribution in [-0.4, -0.2) is 22.0 Å². The lowest BCUT2D eigenvalue weighted by molar-refractivity contribution is 0.0691. The van der Waals surface area contributed by atoms with E-state index in [1.807, 2.05) is 0 Å². The van der Waals surface area contributed by atoms with Crippen LogP contribution >= 0.6 is 11.3 Å². The van der Waals surface area contributed by atoms with Gasteiger partial charge in [-0.15, -0.1) is 11.3 Å². The third-order valence-electron chi connectivity index (χ3n) is 2.06. The maximum absolute atomic E-state index is 13.3. The fraction of sp³-hybridized carbons (Fsp3) is 0. The van der Waals surface area contributed by atoms with Crippen molar-refractivity contribution >= 4 is 28.3 Å². The highest BCUT2D eigenvalue weighted by Crippen LogP contribution is 2.17. The molecule has 18 heavy (non-hydrogen) atoms. The summed E-state index contributed by atoms with van der Waals surface area (Å²) in [6, 6.07) is 5.50. The summed E-state index contributed by atoms with van der Waals surface area (Å²) in [6.45, 7) is 0. The summed E-state index contributed by atoms with van der Waals surface area (Å²) in [7, 11) is 0. The molecular weight excluding hydrogens is 259 g/mol. The van der Waals surface area contributed by atoms with Crippen molar-refractivity contribution in [3.63, 3.8) is 0 Å². The quantitative estimate of drug-likeness (QED) is 0.892. The van der Waals surface area contributed by atoms with E-state index in [1.54, 1.807) is 0 Å². The van der Waals surface area contributed by atoms with Gasteiger partial charge in [0.1, 0.15) is 5.82 Å². The summed E-state index contributed by atoms with van der Waals surface area (Å²) in [5.41, 5.74) is -0.284. The van der Waals surface area contributed by atoms with Gasteiger partial charge in [-0.05, 0) is 12.1 Å². The van der Waals surface area contributed by atoms with Gasteiger partial charge in [0.25, 0.3) is 5.91 Å². The molecule has 0 unspecified atom stereocenters. The SMILES string of the molecule is O=C(O)c1csc(NC(=O)c2ccccc2F)n1. The van der Waals surface area contributed by atoms with E-state index in [9.17, 15) is 14.0 Å². The molecule has 5 nitrogen and oxygen atoms in total. The van der Waals surface area contributed by atoms with Crippen LogP contribution in [0.3, 0.4) is 0 Å². The Kier molecular flexibility index (Phi) is 3.33. The fourth-order valence-corrected chi connectivity index (χ4v) is 1.92. The van der Waals surface area contributed by atoms with Crippen molar-refractivity contribution in [2.45, 2.75) is 0 Å². The number of hydrogen-bond donors (Lipinski definition) is 2. The maximum atomic E-state index is 13.3. The molecule has 1 heterocycles. The van der Waals surface area contributed by atoms with Gasteiger partial charge in [-0.2, -0.15) is 0 Å². The average Bonchev–Trinajstić information content (AvgIpc) is 2.78. The van der Waals surface area contributed by atoms with Crippen LogP contribution < -0.4 is 5.32 Å². The molecule has 0 aliphatic heterocycles. The lowest BCUT2D eigenvalue weighted by Gasteiger charge is -2.02. The number of carboxylic acids is 1. The normalized spacial score (nSPS) is 10.1. The number of amides is 1. The first-order valence-corrected chi connectivity index (χ1v) is 5.70. The molecule has 2 aromatic rings. The lowest BCUT2D eigenvalue weighted by Crippen LogP contribution is -2.13. The molecule has 0 atom stereocenters. The minimum atomic E-state index is -1.18. The average molecular weight is 266 g/mol. The Hall–Kier alpha value is -2.28. The predicted molar refractivity (Wildman–Crippen MR) is 63.4 cm³/mol. The van der Waals surface area contributed by atoms with Crippen LogP contribution in [0.1, 0.15) is 20.8 Å². The summed E-state index contributed by atoms with van der Waals surface area (Å²) in [5.74, 6) is -2.50. The molecule has 0 saturated carbocycles. The minimum absolute atomic E-state index is 0.112. The van der Waals surface area contributed by atoms with Gasteiger partial charge in [-0.25, -0.2) is 14.2 Å². The van der Waals surface area contributed by atoms with Crippen molar-refractivity contribution in [2.75, 3.05) is 5.32 Å². The lowest BCUT2D eigenvalue weighted by atomic mass is 10.2. The van der Waals surface area contributed by atoms with Crippen LogP contribution in [0.4, 0.5) is 9.52 Å². The number of nitrogens with one attached hydrogen (secondary N) is 1. The highest BCUT2D eigenvalue weighted by Gasteiger charge is 2.14. The van der Waals surface area contributed by atoms with E-state index in [2.05, 4.69) is 10.3 Å². The first kappa shape index (κ1) is 12.2. The molecule has 0 aliphatic carbocycles. The van der Waals surface area contributed by atoms with Gasteiger partial charge in [0.2, 0.25) is 0 Å². The van der Waals surface area contributed by atoms with Gasteiger partial charge >= 0.3 is 5.97 Å². The van der Waals surface area contributed by atoms with Crippen LogP contribution in [0, 0.1) is 5.82 Å². The first-order chi connectivity index (χ1) is 8.58. The molecule has 2 N–H and O–H groups in total. The molecule has 7 heteroatoms. The molecule has 1 aromatic heterocycles. The summed E-state index contributed by atoms with van der Waals surface area (Å²) < 4.78 is 13.3. The number of carboxylic acid groups (broad SMARTS) is 1. The number of aromatic nitrogens is 1. The Bertz CT molecular complexity index is 612. The third kappa shape index (κ3) is 2.51. The Balaban J connectivity index is 2.16. The number of aromatic carboxylic acids is 1. The van der Waals surface area contributed by atoms with Crippen LogP contribution in [0.15, 0.2) is 29.6 Å². The maximum Gasteiger partial charge on any atom is 0.355 e. The van der Waals surface area contributed by atoms with Crippen molar-refractivity contribution in [3.8, 4) is 0 Å². The molecule has 2 rings (SSSR count). The van der Waals surface area contributed by atoms with Gasteiger partial charge < -0.3 is 5.11 Å². The second kappa shape index (κ2) is 4.92. The van der Waals surface area contributed by atoms with Gasteiger partial charge in [0.05, 0.1) is 5.56 Å². The van der Waals surface area contributed by atoms with Gasteiger partial charge in [-0.3, -0.25) is 10.1 Å². The largest absolute Gasteiger partial charge is 0.476 e. The summed E-state index contributed by atoms with van der Waals surface area (Å²) in [5, 5.41) is 12.4. The molecule has 1 aromatic carbocycles. The van der Waals surface area contributed by atoms with Crippen LogP contribution in [0.25, 0.3) is 0 Å². The van der Waals surface area contributed by atoms with Crippen molar-refractivity contribution in [1.29, 1.82) is 0 Å². The Morgan fingerprint density at radius 2 is 2.06 bits per heavy atom. The number of rotatable bonds is 3. The highest BCUT2D eigenvalue weighted by molar-refractivity contribution is 7.14. The van der Waals surface area contributed by atoms with Gasteiger partial charge in [-0.1, -0.05) is 12.1 Å². The Morgan fingerprint density at radius 3 is 2.67 bits per heavy atom. The smallest absolute Gasteiger partial charge is 0.355 e. The molecule has 0 spiro atoms. The van der Waals surface area contributed by atoms with E-state index < -0.39 is 17.7 Å². The number of carbonyl (C=O) groups excluding carboxylic acids is 1. The zero-order chi connectivity index (χ0) is 13.1. The van der Waals surface area contributed by atoms with E-state index in [1.165, 1.54) is 29.6 Å². The second-order valence-electron chi connectivity index (χ2n) is 3.28. The monoisotopic (exact) mass is 266 g/mol. The van der Waals surface area contributed by atoms with Crippen molar-refractivity contribution < 1.29 is 19.1 Å². The molecule has 0 fully saturated rings. The molecular formula is C11H7FN2O3S. The number of benzene rings is 1. The summed E-state index contributed by atoms with van der Waals surface area (Å²) in [6.07, 6.45) is 0. The summed E-state index contributed by atoms with van der Waals surface area (Å²) in [4.78, 5) is 25.9. The second-order valence-corrected chi connectivity index (χ2v) is 4.14. The first-order valence-electron chi connectivity index (χ1n) is 4.82. The van der Waals surface area contributed by atoms with Gasteiger partial charge in [0, 0.05) is 5.38 Å². The van der Waals surface area contributed by atoms with E-state index in [0.717, 1.165) is 11.3 Å². The Morgan fingerprint density at radius 1 is 1.33 bits per heavy atom. The standard InChI is InChI=1S/C11H7FN2O3S/c12-7-4-2-1-3-6(7)9(15)14-11-13-8(5-18-11)10(16)17/h1-5H,(H,16,17)(H,13,14,15). The van der Waals surface area contributed by atoms with E-state index >= 15 is 0 Å². The molecule has 0 bridgehead atoms. The number of nitrogens with zero attached hydrogens (tertiary/aromatic N) is 1. The van der Waals surface area contributed by atoms with Gasteiger partial charge in [0.15, 0.2) is 10.8 Å². The number of carbonyl (C=O) groups is 2.